The Morgan fingerprint density at radius 1 is 1.04 bits per heavy atom. The summed E-state index contributed by atoms with van der Waals surface area (Å²) in [6, 6.07) is 12.4. The number of para-hydroxylation sites is 1. The molecule has 2 aromatic carbocycles. The number of carbonyl (C=O) groups excluding carboxylic acids is 2. The molecule has 0 aliphatic heterocycles. The van der Waals surface area contributed by atoms with Gasteiger partial charge in [-0.05, 0) is 36.8 Å². The van der Waals surface area contributed by atoms with Gasteiger partial charge in [0.25, 0.3) is 5.91 Å². The highest BCUT2D eigenvalue weighted by molar-refractivity contribution is 5.87. The molecule has 0 heterocycles. The van der Waals surface area contributed by atoms with E-state index < -0.39 is 11.9 Å². The van der Waals surface area contributed by atoms with E-state index in [4.69, 9.17) is 24.7 Å². The van der Waals surface area contributed by atoms with Crippen LogP contribution in [0, 0.1) is 0 Å². The van der Waals surface area contributed by atoms with Crippen LogP contribution in [0.5, 0.6) is 17.2 Å². The Balaban J connectivity index is 1.97. The SMILES string of the molecule is CCOc1ccccc1COC(=O)/C=C/c1ccc(OCC(N)=O)c(OC)c1. The molecule has 0 bridgehead atoms. The van der Waals surface area contributed by atoms with Gasteiger partial charge in [-0.1, -0.05) is 24.3 Å². The molecule has 0 saturated heterocycles. The zero-order valence-electron chi connectivity index (χ0n) is 15.8. The first-order chi connectivity index (χ1) is 13.5. The third kappa shape index (κ3) is 6.35. The molecular weight excluding hydrogens is 362 g/mol. The Labute approximate surface area is 163 Å². The molecule has 0 unspecified atom stereocenters. The summed E-state index contributed by atoms with van der Waals surface area (Å²) < 4.78 is 21.3. The topological polar surface area (TPSA) is 97.1 Å². The number of esters is 1. The normalized spacial score (nSPS) is 10.5. The average molecular weight is 385 g/mol. The number of hydrogen-bond acceptors (Lipinski definition) is 6. The van der Waals surface area contributed by atoms with Crippen molar-refractivity contribution < 1.29 is 28.5 Å². The van der Waals surface area contributed by atoms with Gasteiger partial charge >= 0.3 is 5.97 Å². The third-order valence-corrected chi connectivity index (χ3v) is 3.61. The van der Waals surface area contributed by atoms with E-state index >= 15 is 0 Å². The van der Waals surface area contributed by atoms with E-state index in [9.17, 15) is 9.59 Å². The molecule has 2 aromatic rings. The van der Waals surface area contributed by atoms with E-state index in [2.05, 4.69) is 0 Å². The first-order valence-electron chi connectivity index (χ1n) is 8.68. The van der Waals surface area contributed by atoms with Crippen LogP contribution < -0.4 is 19.9 Å². The number of nitrogens with two attached hydrogens (primary N) is 1. The van der Waals surface area contributed by atoms with Gasteiger partial charge in [0, 0.05) is 11.6 Å². The zero-order valence-corrected chi connectivity index (χ0v) is 15.8. The summed E-state index contributed by atoms with van der Waals surface area (Å²) in [5.41, 5.74) is 6.56. The van der Waals surface area contributed by atoms with Gasteiger partial charge in [0.1, 0.15) is 12.4 Å². The summed E-state index contributed by atoms with van der Waals surface area (Å²) in [4.78, 5) is 22.8. The lowest BCUT2D eigenvalue weighted by molar-refractivity contribution is -0.139. The number of hydrogen-bond donors (Lipinski definition) is 1. The summed E-state index contributed by atoms with van der Waals surface area (Å²) in [5, 5.41) is 0. The summed E-state index contributed by atoms with van der Waals surface area (Å²) >= 11 is 0. The van der Waals surface area contributed by atoms with Crippen LogP contribution in [0.3, 0.4) is 0 Å². The summed E-state index contributed by atoms with van der Waals surface area (Å²) in [5.74, 6) is 0.424. The minimum Gasteiger partial charge on any atom is -0.493 e. The molecule has 2 rings (SSSR count). The summed E-state index contributed by atoms with van der Waals surface area (Å²) in [6.07, 6.45) is 2.92. The van der Waals surface area contributed by atoms with Crippen LogP contribution in [0.2, 0.25) is 0 Å². The lowest BCUT2D eigenvalue weighted by Gasteiger charge is -2.10. The van der Waals surface area contributed by atoms with Crippen molar-refractivity contribution in [3.63, 3.8) is 0 Å². The van der Waals surface area contributed by atoms with Crippen LogP contribution in [0.1, 0.15) is 18.1 Å². The smallest absolute Gasteiger partial charge is 0.331 e. The number of amides is 1. The van der Waals surface area contributed by atoms with Crippen LogP contribution in [0.25, 0.3) is 6.08 Å². The van der Waals surface area contributed by atoms with Crippen LogP contribution in [-0.2, 0) is 20.9 Å². The van der Waals surface area contributed by atoms with Crippen molar-refractivity contribution in [1.29, 1.82) is 0 Å². The monoisotopic (exact) mass is 385 g/mol. The fraction of sp³-hybridized carbons (Fsp3) is 0.238. The van der Waals surface area contributed by atoms with Crippen LogP contribution in [-0.4, -0.2) is 32.2 Å². The highest BCUT2D eigenvalue weighted by Crippen LogP contribution is 2.28. The zero-order chi connectivity index (χ0) is 20.4. The van der Waals surface area contributed by atoms with Crippen molar-refractivity contribution >= 4 is 18.0 Å². The van der Waals surface area contributed by atoms with Crippen molar-refractivity contribution in [3.05, 3.63) is 59.7 Å². The van der Waals surface area contributed by atoms with Gasteiger partial charge < -0.3 is 24.7 Å². The predicted molar refractivity (Wildman–Crippen MR) is 104 cm³/mol. The number of ether oxygens (including phenoxy) is 4. The van der Waals surface area contributed by atoms with Gasteiger partial charge in [0.05, 0.1) is 13.7 Å². The Kier molecular flexibility index (Phi) is 7.90. The highest BCUT2D eigenvalue weighted by Gasteiger charge is 2.08. The lowest BCUT2D eigenvalue weighted by Crippen LogP contribution is -2.20. The molecule has 7 heteroatoms. The van der Waals surface area contributed by atoms with Crippen molar-refractivity contribution in [2.75, 3.05) is 20.3 Å². The standard InChI is InChI=1S/C21H23NO6/c1-3-26-17-7-5-4-6-16(17)13-28-21(24)11-9-15-8-10-18(19(12-15)25-2)27-14-20(22)23/h4-12H,3,13-14H2,1-2H3,(H2,22,23)/b11-9+. The second-order valence-electron chi connectivity index (χ2n) is 5.65. The van der Waals surface area contributed by atoms with E-state index in [0.717, 1.165) is 5.56 Å². The lowest BCUT2D eigenvalue weighted by atomic mass is 10.2. The van der Waals surface area contributed by atoms with E-state index in [-0.39, 0.29) is 13.2 Å². The molecule has 2 N–H and O–H groups in total. The molecule has 7 nitrogen and oxygen atoms in total. The number of benzene rings is 2. The van der Waals surface area contributed by atoms with E-state index in [0.29, 0.717) is 29.4 Å². The Morgan fingerprint density at radius 2 is 1.82 bits per heavy atom. The second kappa shape index (κ2) is 10.6. The second-order valence-corrected chi connectivity index (χ2v) is 5.65. The summed E-state index contributed by atoms with van der Waals surface area (Å²) in [6.45, 7) is 2.29. The molecule has 0 aliphatic carbocycles. The first kappa shape index (κ1) is 20.8. The number of rotatable bonds is 10. The molecule has 0 fully saturated rings. The molecule has 148 valence electrons. The van der Waals surface area contributed by atoms with E-state index in [1.807, 2.05) is 31.2 Å². The van der Waals surface area contributed by atoms with Crippen LogP contribution >= 0.6 is 0 Å². The van der Waals surface area contributed by atoms with Crippen LogP contribution in [0.15, 0.2) is 48.5 Å². The molecule has 0 atom stereocenters. The quantitative estimate of drug-likeness (QED) is 0.499. The van der Waals surface area contributed by atoms with E-state index in [1.165, 1.54) is 13.2 Å². The number of carbonyl (C=O) groups is 2. The number of primary amides is 1. The average Bonchev–Trinajstić information content (AvgIpc) is 2.70. The maximum Gasteiger partial charge on any atom is 0.331 e. The van der Waals surface area contributed by atoms with E-state index in [1.54, 1.807) is 24.3 Å². The van der Waals surface area contributed by atoms with Crippen LogP contribution in [0.4, 0.5) is 0 Å². The minimum atomic E-state index is -0.584. The fourth-order valence-electron chi connectivity index (χ4n) is 2.34. The fourth-order valence-corrected chi connectivity index (χ4v) is 2.34. The maximum atomic E-state index is 12.0. The van der Waals surface area contributed by atoms with Crippen molar-refractivity contribution in [3.8, 4) is 17.2 Å². The van der Waals surface area contributed by atoms with Gasteiger partial charge in [-0.25, -0.2) is 4.79 Å². The minimum absolute atomic E-state index is 0.114. The molecule has 28 heavy (non-hydrogen) atoms. The largest absolute Gasteiger partial charge is 0.493 e. The van der Waals surface area contributed by atoms with Gasteiger partial charge in [0.15, 0.2) is 18.1 Å². The predicted octanol–water partition coefficient (Wildman–Crippen LogP) is 2.71. The molecule has 0 aromatic heterocycles. The van der Waals surface area contributed by atoms with Gasteiger partial charge in [-0.2, -0.15) is 0 Å². The molecule has 0 spiro atoms. The highest BCUT2D eigenvalue weighted by atomic mass is 16.5. The molecular formula is C21H23NO6. The van der Waals surface area contributed by atoms with Crippen molar-refractivity contribution in [2.24, 2.45) is 5.73 Å². The van der Waals surface area contributed by atoms with Gasteiger partial charge in [-0.15, -0.1) is 0 Å². The Hall–Kier alpha value is -3.48. The Bertz CT molecular complexity index is 847. The number of methoxy groups -OCH3 is 1. The van der Waals surface area contributed by atoms with Crippen molar-refractivity contribution in [2.45, 2.75) is 13.5 Å². The summed E-state index contributed by atoms with van der Waals surface area (Å²) in [7, 11) is 1.48. The Morgan fingerprint density at radius 3 is 2.54 bits per heavy atom. The van der Waals surface area contributed by atoms with Crippen molar-refractivity contribution in [1.82, 2.24) is 0 Å². The maximum absolute atomic E-state index is 12.0. The van der Waals surface area contributed by atoms with Gasteiger partial charge in [-0.3, -0.25) is 4.79 Å². The molecule has 0 radical (unpaired) electrons. The molecule has 0 saturated carbocycles. The van der Waals surface area contributed by atoms with Gasteiger partial charge in [0.2, 0.25) is 0 Å². The first-order valence-corrected chi connectivity index (χ1v) is 8.68. The third-order valence-electron chi connectivity index (χ3n) is 3.61. The molecule has 1 amide bonds. The molecule has 0 aliphatic rings.